The molecular formula is C12H20S. The average molecular weight is 196 g/mol. The summed E-state index contributed by atoms with van der Waals surface area (Å²) in [6.07, 6.45) is 3.50. The maximum Gasteiger partial charge on any atom is 0.00209 e. The number of allylic oxidation sites excluding steroid dienone is 4. The minimum absolute atomic E-state index is 0.743. The fraction of sp³-hybridized carbons (Fsp3) is 0.667. The molecule has 0 radical (unpaired) electrons. The molecule has 0 saturated heterocycles. The molecule has 0 unspecified atom stereocenters. The molecule has 74 valence electrons. The molecule has 0 aliphatic heterocycles. The monoisotopic (exact) mass is 196 g/mol. The topological polar surface area (TPSA) is 0 Å². The summed E-state index contributed by atoms with van der Waals surface area (Å²) < 4.78 is 0. The molecule has 0 heterocycles. The van der Waals surface area contributed by atoms with E-state index in [1.807, 2.05) is 11.8 Å². The Kier molecular flexibility index (Phi) is 3.66. The summed E-state index contributed by atoms with van der Waals surface area (Å²) in [5.74, 6) is 2.02. The van der Waals surface area contributed by atoms with Crippen LogP contribution in [-0.4, -0.2) is 12.0 Å². The van der Waals surface area contributed by atoms with Gasteiger partial charge in [0.1, 0.15) is 0 Å². The Morgan fingerprint density at radius 3 is 1.85 bits per heavy atom. The highest BCUT2D eigenvalue weighted by molar-refractivity contribution is 7.98. The molecule has 1 rings (SSSR count). The van der Waals surface area contributed by atoms with E-state index in [1.54, 1.807) is 11.1 Å². The van der Waals surface area contributed by atoms with Gasteiger partial charge >= 0.3 is 0 Å². The van der Waals surface area contributed by atoms with Crippen molar-refractivity contribution in [2.45, 2.75) is 34.1 Å². The van der Waals surface area contributed by atoms with Crippen LogP contribution in [0.25, 0.3) is 0 Å². The third kappa shape index (κ3) is 2.01. The molecule has 0 nitrogen and oxygen atoms in total. The third-order valence-corrected chi connectivity index (χ3v) is 4.05. The standard InChI is InChI=1S/C12H20S/c1-8-9(2)11(4)12(10(8)3)6-7-13-5/h12H,6-7H2,1-5H3. The van der Waals surface area contributed by atoms with Crippen LogP contribution in [-0.2, 0) is 0 Å². The Hall–Kier alpha value is -0.170. The second-order valence-corrected chi connectivity index (χ2v) is 4.94. The molecule has 1 heteroatoms. The van der Waals surface area contributed by atoms with Gasteiger partial charge in [0.2, 0.25) is 0 Å². The molecule has 0 aromatic heterocycles. The lowest BCUT2D eigenvalue weighted by Gasteiger charge is -2.13. The van der Waals surface area contributed by atoms with E-state index in [0.717, 1.165) is 5.92 Å². The summed E-state index contributed by atoms with van der Waals surface area (Å²) in [4.78, 5) is 0. The molecule has 0 amide bonds. The van der Waals surface area contributed by atoms with E-state index >= 15 is 0 Å². The summed E-state index contributed by atoms with van der Waals surface area (Å²) in [7, 11) is 0. The van der Waals surface area contributed by atoms with Gasteiger partial charge in [0.15, 0.2) is 0 Å². The van der Waals surface area contributed by atoms with Crippen molar-refractivity contribution < 1.29 is 0 Å². The van der Waals surface area contributed by atoms with Crippen molar-refractivity contribution in [2.75, 3.05) is 12.0 Å². The molecule has 0 fully saturated rings. The Morgan fingerprint density at radius 2 is 1.46 bits per heavy atom. The summed E-state index contributed by atoms with van der Waals surface area (Å²) in [5, 5.41) is 0. The molecule has 0 atom stereocenters. The first-order valence-corrected chi connectivity index (χ1v) is 6.33. The normalized spacial score (nSPS) is 19.2. The highest BCUT2D eigenvalue weighted by atomic mass is 32.2. The second-order valence-electron chi connectivity index (χ2n) is 3.95. The molecule has 1 aliphatic rings. The van der Waals surface area contributed by atoms with Gasteiger partial charge in [-0.3, -0.25) is 0 Å². The van der Waals surface area contributed by atoms with E-state index < -0.39 is 0 Å². The Labute approximate surface area is 86.5 Å². The first-order chi connectivity index (χ1) is 6.09. The van der Waals surface area contributed by atoms with Crippen molar-refractivity contribution in [1.29, 1.82) is 0 Å². The van der Waals surface area contributed by atoms with Gasteiger partial charge in [0.25, 0.3) is 0 Å². The van der Waals surface area contributed by atoms with Gasteiger partial charge in [0, 0.05) is 5.92 Å². The van der Waals surface area contributed by atoms with E-state index in [0.29, 0.717) is 0 Å². The van der Waals surface area contributed by atoms with Crippen LogP contribution in [0.1, 0.15) is 34.1 Å². The lowest BCUT2D eigenvalue weighted by atomic mass is 9.94. The van der Waals surface area contributed by atoms with Gasteiger partial charge in [-0.25, -0.2) is 0 Å². The highest BCUT2D eigenvalue weighted by Gasteiger charge is 2.23. The fourth-order valence-corrected chi connectivity index (χ4v) is 2.58. The zero-order chi connectivity index (χ0) is 10.0. The third-order valence-electron chi connectivity index (χ3n) is 3.40. The highest BCUT2D eigenvalue weighted by Crippen LogP contribution is 2.38. The van der Waals surface area contributed by atoms with Crippen molar-refractivity contribution >= 4 is 11.8 Å². The molecule has 0 aromatic carbocycles. The quantitative estimate of drug-likeness (QED) is 0.656. The van der Waals surface area contributed by atoms with E-state index in [1.165, 1.54) is 23.3 Å². The molecule has 0 N–H and O–H groups in total. The van der Waals surface area contributed by atoms with Crippen LogP contribution in [0.15, 0.2) is 22.3 Å². The number of thioether (sulfide) groups is 1. The molecule has 0 saturated carbocycles. The Morgan fingerprint density at radius 1 is 1.00 bits per heavy atom. The van der Waals surface area contributed by atoms with Crippen molar-refractivity contribution in [3.8, 4) is 0 Å². The Bertz CT molecular complexity index is 234. The lowest BCUT2D eigenvalue weighted by Crippen LogP contribution is -2.02. The fourth-order valence-electron chi connectivity index (χ4n) is 2.11. The Balaban J connectivity index is 2.77. The van der Waals surface area contributed by atoms with Crippen LogP contribution in [0.2, 0.25) is 0 Å². The van der Waals surface area contributed by atoms with Gasteiger partial charge in [-0.1, -0.05) is 11.1 Å². The number of hydrogen-bond acceptors (Lipinski definition) is 1. The van der Waals surface area contributed by atoms with Crippen molar-refractivity contribution in [3.63, 3.8) is 0 Å². The molecule has 13 heavy (non-hydrogen) atoms. The molecule has 0 aromatic rings. The molecule has 1 aliphatic carbocycles. The van der Waals surface area contributed by atoms with Crippen LogP contribution < -0.4 is 0 Å². The van der Waals surface area contributed by atoms with Crippen LogP contribution in [0, 0.1) is 5.92 Å². The zero-order valence-electron chi connectivity index (χ0n) is 9.40. The minimum atomic E-state index is 0.743. The molecular weight excluding hydrogens is 176 g/mol. The smallest absolute Gasteiger partial charge is 0.00209 e. The van der Waals surface area contributed by atoms with Crippen LogP contribution >= 0.6 is 11.8 Å². The van der Waals surface area contributed by atoms with Gasteiger partial charge in [0.05, 0.1) is 0 Å². The maximum absolute atomic E-state index is 2.29. The van der Waals surface area contributed by atoms with Crippen LogP contribution in [0.3, 0.4) is 0 Å². The van der Waals surface area contributed by atoms with Crippen molar-refractivity contribution in [3.05, 3.63) is 22.3 Å². The summed E-state index contributed by atoms with van der Waals surface area (Å²) in [6.45, 7) is 9.10. The molecule has 0 spiro atoms. The summed E-state index contributed by atoms with van der Waals surface area (Å²) >= 11 is 1.95. The lowest BCUT2D eigenvalue weighted by molar-refractivity contribution is 0.701. The van der Waals surface area contributed by atoms with Gasteiger partial charge in [-0.05, 0) is 57.3 Å². The number of rotatable bonds is 3. The zero-order valence-corrected chi connectivity index (χ0v) is 10.2. The second kappa shape index (κ2) is 4.36. The first-order valence-electron chi connectivity index (χ1n) is 4.93. The van der Waals surface area contributed by atoms with E-state index in [-0.39, 0.29) is 0 Å². The van der Waals surface area contributed by atoms with Gasteiger partial charge < -0.3 is 0 Å². The van der Waals surface area contributed by atoms with Gasteiger partial charge in [-0.15, -0.1) is 0 Å². The summed E-state index contributed by atoms with van der Waals surface area (Å²) in [6, 6.07) is 0. The predicted molar refractivity (Wildman–Crippen MR) is 63.2 cm³/mol. The van der Waals surface area contributed by atoms with Gasteiger partial charge in [-0.2, -0.15) is 11.8 Å². The summed E-state index contributed by atoms with van der Waals surface area (Å²) in [5.41, 5.74) is 6.26. The van der Waals surface area contributed by atoms with Crippen LogP contribution in [0.5, 0.6) is 0 Å². The minimum Gasteiger partial charge on any atom is -0.165 e. The first kappa shape index (κ1) is 10.9. The largest absolute Gasteiger partial charge is 0.165 e. The SMILES string of the molecule is CSCCC1C(C)=C(C)C(C)=C1C. The van der Waals surface area contributed by atoms with E-state index in [2.05, 4.69) is 34.0 Å². The molecule has 0 bridgehead atoms. The number of hydrogen-bond donors (Lipinski definition) is 0. The van der Waals surface area contributed by atoms with Crippen molar-refractivity contribution in [2.24, 2.45) is 5.92 Å². The van der Waals surface area contributed by atoms with E-state index in [9.17, 15) is 0 Å². The maximum atomic E-state index is 2.29. The average Bonchev–Trinajstić information content (AvgIpc) is 2.30. The van der Waals surface area contributed by atoms with Crippen LogP contribution in [0.4, 0.5) is 0 Å². The van der Waals surface area contributed by atoms with Crippen molar-refractivity contribution in [1.82, 2.24) is 0 Å². The van der Waals surface area contributed by atoms with E-state index in [4.69, 9.17) is 0 Å². The predicted octanol–water partition coefficient (Wildman–Crippen LogP) is 4.04.